The Labute approximate surface area is 170 Å². The Morgan fingerprint density at radius 3 is 2.86 bits per heavy atom. The lowest BCUT2D eigenvalue weighted by molar-refractivity contribution is 0.0948. The highest BCUT2D eigenvalue weighted by atomic mass is 16.5. The number of fused-ring (bicyclic) bond motifs is 3. The zero-order valence-electron chi connectivity index (χ0n) is 16.4. The summed E-state index contributed by atoms with van der Waals surface area (Å²) in [5.74, 6) is 0.706. The number of nitrogens with zero attached hydrogens (tertiary/aromatic N) is 2. The molecule has 1 aliphatic heterocycles. The van der Waals surface area contributed by atoms with Crippen molar-refractivity contribution in [3.05, 3.63) is 72.2 Å². The number of hydrogen-bond donors (Lipinski definition) is 1. The second kappa shape index (κ2) is 7.74. The molecular weight excluding hydrogens is 362 g/mol. The van der Waals surface area contributed by atoms with E-state index < -0.39 is 0 Å². The summed E-state index contributed by atoms with van der Waals surface area (Å²) < 4.78 is 8.25. The standard InChI is InChI=1S/C24H25N3O2/c28-24(17-7-6-10-19(13-17)29-18-8-2-1-3-9-18)26-15-23-21-12-5-4-11-20(21)22-14-25-16-27(22)23/h4-7,10-14,16,18,23H,1-3,8-9,15H2,(H,26,28). The number of benzene rings is 2. The Kier molecular flexibility index (Phi) is 4.80. The molecule has 1 N–H and O–H groups in total. The topological polar surface area (TPSA) is 56.2 Å². The Bertz CT molecular complexity index is 1020. The number of nitrogens with one attached hydrogen (secondary N) is 1. The molecule has 2 aliphatic rings. The van der Waals surface area contributed by atoms with Crippen LogP contribution in [0.25, 0.3) is 11.3 Å². The number of carbonyl (C=O) groups excluding carboxylic acids is 1. The van der Waals surface area contributed by atoms with E-state index in [2.05, 4.69) is 27.0 Å². The molecule has 3 aromatic rings. The lowest BCUT2D eigenvalue weighted by atomic mass is 9.98. The van der Waals surface area contributed by atoms with E-state index in [-0.39, 0.29) is 18.1 Å². The monoisotopic (exact) mass is 387 g/mol. The van der Waals surface area contributed by atoms with Gasteiger partial charge >= 0.3 is 0 Å². The summed E-state index contributed by atoms with van der Waals surface area (Å²) in [5, 5.41) is 3.10. The molecule has 2 aromatic carbocycles. The average Bonchev–Trinajstić information content (AvgIpc) is 3.34. The number of imidazole rings is 1. The van der Waals surface area contributed by atoms with Gasteiger partial charge in [-0.25, -0.2) is 4.98 Å². The van der Waals surface area contributed by atoms with Gasteiger partial charge in [0.1, 0.15) is 5.75 Å². The van der Waals surface area contributed by atoms with Crippen molar-refractivity contribution in [2.45, 2.75) is 44.2 Å². The smallest absolute Gasteiger partial charge is 0.251 e. The maximum Gasteiger partial charge on any atom is 0.251 e. The first-order valence-electron chi connectivity index (χ1n) is 10.5. The number of aromatic nitrogens is 2. The van der Waals surface area contributed by atoms with Gasteiger partial charge in [0.2, 0.25) is 0 Å². The molecule has 0 radical (unpaired) electrons. The van der Waals surface area contributed by atoms with Crippen LogP contribution < -0.4 is 10.1 Å². The van der Waals surface area contributed by atoms with E-state index in [1.165, 1.54) is 30.4 Å². The van der Waals surface area contributed by atoms with Crippen LogP contribution in [0.3, 0.4) is 0 Å². The number of rotatable bonds is 5. The molecule has 0 bridgehead atoms. The van der Waals surface area contributed by atoms with E-state index in [0.29, 0.717) is 12.1 Å². The lowest BCUT2D eigenvalue weighted by Gasteiger charge is -2.23. The number of amides is 1. The second-order valence-electron chi connectivity index (χ2n) is 7.90. The van der Waals surface area contributed by atoms with Gasteiger partial charge < -0.3 is 14.6 Å². The molecular formula is C24H25N3O2. The third kappa shape index (κ3) is 3.53. The molecule has 29 heavy (non-hydrogen) atoms. The minimum absolute atomic E-state index is 0.0642. The van der Waals surface area contributed by atoms with E-state index in [9.17, 15) is 4.79 Å². The first-order valence-corrected chi connectivity index (χ1v) is 10.5. The lowest BCUT2D eigenvalue weighted by Crippen LogP contribution is -2.30. The maximum absolute atomic E-state index is 12.8. The van der Waals surface area contributed by atoms with Crippen LogP contribution in [0.15, 0.2) is 61.1 Å². The van der Waals surface area contributed by atoms with Crippen LogP contribution in [-0.4, -0.2) is 28.1 Å². The predicted molar refractivity (Wildman–Crippen MR) is 112 cm³/mol. The molecule has 2 heterocycles. The summed E-state index contributed by atoms with van der Waals surface area (Å²) in [4.78, 5) is 17.1. The Morgan fingerprint density at radius 1 is 1.10 bits per heavy atom. The molecule has 148 valence electrons. The molecule has 1 unspecified atom stereocenters. The molecule has 1 aliphatic carbocycles. The third-order valence-electron chi connectivity index (χ3n) is 6.00. The zero-order valence-corrected chi connectivity index (χ0v) is 16.4. The average molecular weight is 387 g/mol. The molecule has 5 heteroatoms. The minimum atomic E-state index is -0.0786. The van der Waals surface area contributed by atoms with Crippen molar-refractivity contribution in [3.8, 4) is 17.0 Å². The van der Waals surface area contributed by atoms with Crippen LogP contribution in [0.2, 0.25) is 0 Å². The minimum Gasteiger partial charge on any atom is -0.490 e. The number of ether oxygens (including phenoxy) is 1. The maximum atomic E-state index is 12.8. The molecule has 0 spiro atoms. The summed E-state index contributed by atoms with van der Waals surface area (Å²) in [6, 6.07) is 15.9. The quantitative estimate of drug-likeness (QED) is 0.696. The fourth-order valence-corrected chi connectivity index (χ4v) is 4.52. The summed E-state index contributed by atoms with van der Waals surface area (Å²) >= 11 is 0. The summed E-state index contributed by atoms with van der Waals surface area (Å²) in [7, 11) is 0. The molecule has 1 fully saturated rings. The van der Waals surface area contributed by atoms with Crippen molar-refractivity contribution in [3.63, 3.8) is 0 Å². The van der Waals surface area contributed by atoms with E-state index in [1.807, 2.05) is 48.9 Å². The van der Waals surface area contributed by atoms with Gasteiger partial charge in [0, 0.05) is 17.7 Å². The van der Waals surface area contributed by atoms with Crippen LogP contribution in [0.5, 0.6) is 5.75 Å². The number of carbonyl (C=O) groups is 1. The molecule has 1 saturated carbocycles. The van der Waals surface area contributed by atoms with Gasteiger partial charge in [-0.2, -0.15) is 0 Å². The SMILES string of the molecule is O=C(NCC1c2ccccc2-c2cncn21)c1cccc(OC2CCCCC2)c1. The molecule has 1 amide bonds. The summed E-state index contributed by atoms with van der Waals surface area (Å²) in [6.45, 7) is 0.521. The van der Waals surface area contributed by atoms with Crippen molar-refractivity contribution < 1.29 is 9.53 Å². The van der Waals surface area contributed by atoms with Crippen LogP contribution >= 0.6 is 0 Å². The highest BCUT2D eigenvalue weighted by Crippen LogP contribution is 2.38. The predicted octanol–water partition coefficient (Wildman–Crippen LogP) is 4.59. The largest absolute Gasteiger partial charge is 0.490 e. The summed E-state index contributed by atoms with van der Waals surface area (Å²) in [6.07, 6.45) is 9.95. The van der Waals surface area contributed by atoms with E-state index in [1.54, 1.807) is 0 Å². The van der Waals surface area contributed by atoms with Crippen LogP contribution in [-0.2, 0) is 0 Å². The van der Waals surface area contributed by atoms with Crippen molar-refractivity contribution in [2.75, 3.05) is 6.54 Å². The Balaban J connectivity index is 1.27. The van der Waals surface area contributed by atoms with Gasteiger partial charge in [-0.15, -0.1) is 0 Å². The van der Waals surface area contributed by atoms with Gasteiger partial charge in [-0.05, 0) is 49.4 Å². The number of hydrogen-bond acceptors (Lipinski definition) is 3. The van der Waals surface area contributed by atoms with E-state index in [0.717, 1.165) is 24.3 Å². The normalized spacial score (nSPS) is 18.1. The van der Waals surface area contributed by atoms with Gasteiger partial charge in [-0.3, -0.25) is 4.79 Å². The van der Waals surface area contributed by atoms with Gasteiger partial charge in [0.25, 0.3) is 5.91 Å². The van der Waals surface area contributed by atoms with Crippen LogP contribution in [0.4, 0.5) is 0 Å². The fourth-order valence-electron chi connectivity index (χ4n) is 4.52. The molecule has 0 saturated heterocycles. The van der Waals surface area contributed by atoms with Gasteiger partial charge in [0.05, 0.1) is 30.4 Å². The van der Waals surface area contributed by atoms with Crippen molar-refractivity contribution in [2.24, 2.45) is 0 Å². The fraction of sp³-hybridized carbons (Fsp3) is 0.333. The van der Waals surface area contributed by atoms with E-state index in [4.69, 9.17) is 4.74 Å². The highest BCUT2D eigenvalue weighted by Gasteiger charge is 2.28. The highest BCUT2D eigenvalue weighted by molar-refractivity contribution is 5.94. The first kappa shape index (κ1) is 18.0. The zero-order chi connectivity index (χ0) is 19.6. The van der Waals surface area contributed by atoms with Crippen molar-refractivity contribution >= 4 is 5.91 Å². The first-order chi connectivity index (χ1) is 14.3. The third-order valence-corrected chi connectivity index (χ3v) is 6.00. The Morgan fingerprint density at radius 2 is 1.97 bits per heavy atom. The van der Waals surface area contributed by atoms with Crippen molar-refractivity contribution in [1.29, 1.82) is 0 Å². The molecule has 5 rings (SSSR count). The second-order valence-corrected chi connectivity index (χ2v) is 7.90. The molecule has 5 nitrogen and oxygen atoms in total. The van der Waals surface area contributed by atoms with Crippen molar-refractivity contribution in [1.82, 2.24) is 14.9 Å². The van der Waals surface area contributed by atoms with Crippen LogP contribution in [0.1, 0.15) is 54.1 Å². The van der Waals surface area contributed by atoms with Crippen LogP contribution in [0, 0.1) is 0 Å². The van der Waals surface area contributed by atoms with Gasteiger partial charge in [0.15, 0.2) is 0 Å². The Hall–Kier alpha value is -3.08. The molecule has 1 atom stereocenters. The van der Waals surface area contributed by atoms with Gasteiger partial charge in [-0.1, -0.05) is 36.8 Å². The van der Waals surface area contributed by atoms with E-state index >= 15 is 0 Å². The molecule has 1 aromatic heterocycles. The summed E-state index contributed by atoms with van der Waals surface area (Å²) in [5.41, 5.74) is 4.14.